The predicted octanol–water partition coefficient (Wildman–Crippen LogP) is 5.03. The van der Waals surface area contributed by atoms with Crippen LogP contribution in [0.4, 0.5) is 14.5 Å². The Morgan fingerprint density at radius 2 is 1.89 bits per heavy atom. The molecule has 0 fully saturated rings. The van der Waals surface area contributed by atoms with Gasteiger partial charge in [0.05, 0.1) is 6.20 Å². The third-order valence-corrected chi connectivity index (χ3v) is 5.38. The highest BCUT2D eigenvalue weighted by molar-refractivity contribution is 6.02. The molecule has 1 amide bonds. The van der Waals surface area contributed by atoms with E-state index in [1.807, 2.05) is 35.1 Å². The molecule has 1 aliphatic rings. The minimum absolute atomic E-state index is 0.0385. The maximum absolute atomic E-state index is 13.2. The zero-order chi connectivity index (χ0) is 25.0. The van der Waals surface area contributed by atoms with E-state index in [1.165, 1.54) is 30.0 Å². The molecule has 3 heterocycles. The van der Waals surface area contributed by atoms with E-state index in [-0.39, 0.29) is 23.1 Å². The fourth-order valence-corrected chi connectivity index (χ4v) is 3.61. The normalized spacial score (nSPS) is 13.8. The second kappa shape index (κ2) is 9.98. The van der Waals surface area contributed by atoms with Crippen LogP contribution in [0.1, 0.15) is 40.3 Å². The van der Waals surface area contributed by atoms with Crippen LogP contribution in [0.25, 0.3) is 12.2 Å². The third-order valence-electron chi connectivity index (χ3n) is 5.38. The fourth-order valence-electron chi connectivity index (χ4n) is 3.61. The standard InChI is InChI=1S/C25H21F2N5O4/c26-25(27)35-21-10-6-18(15-22(21)36-25)7-11-23-30-20(16-34-23)24(33)29-19-8-4-17(5-9-19)3-1-2-13-32-14-12-28-31-32/h4-12,14-16H,1-3,13H2,(H,29,33)/b11-7+. The van der Waals surface area contributed by atoms with E-state index in [0.29, 0.717) is 11.3 Å². The lowest BCUT2D eigenvalue weighted by atomic mass is 10.1. The number of nitrogens with zero attached hydrogens (tertiary/aromatic N) is 4. The Balaban J connectivity index is 1.12. The molecule has 0 saturated carbocycles. The first kappa shape index (κ1) is 23.2. The Morgan fingerprint density at radius 3 is 2.69 bits per heavy atom. The number of ether oxygens (including phenoxy) is 2. The van der Waals surface area contributed by atoms with Crippen LogP contribution in [-0.4, -0.2) is 32.2 Å². The SMILES string of the molecule is O=C(Nc1ccc(CCCCn2ccnn2)cc1)c1coc(/C=C/c2ccc3c(c2)OC(F)(F)O3)n1. The number of alkyl halides is 2. The fraction of sp³-hybridized carbons (Fsp3) is 0.200. The first-order chi connectivity index (χ1) is 17.4. The van der Waals surface area contributed by atoms with Crippen molar-refractivity contribution in [1.29, 1.82) is 0 Å². The summed E-state index contributed by atoms with van der Waals surface area (Å²) in [5.41, 5.74) is 2.49. The molecule has 2 aromatic heterocycles. The molecule has 5 rings (SSSR count). The number of fused-ring (bicyclic) bond motifs is 1. The molecule has 9 nitrogen and oxygen atoms in total. The predicted molar refractivity (Wildman–Crippen MR) is 125 cm³/mol. The van der Waals surface area contributed by atoms with E-state index in [1.54, 1.807) is 18.3 Å². The molecule has 0 unspecified atom stereocenters. The Kier molecular flexibility index (Phi) is 6.44. The number of aryl methyl sites for hydroxylation is 2. The third kappa shape index (κ3) is 5.74. The number of unbranched alkanes of at least 4 members (excludes halogenated alkanes) is 1. The van der Waals surface area contributed by atoms with Crippen LogP contribution in [0.3, 0.4) is 0 Å². The molecule has 36 heavy (non-hydrogen) atoms. The summed E-state index contributed by atoms with van der Waals surface area (Å²) in [4.78, 5) is 16.7. The summed E-state index contributed by atoms with van der Waals surface area (Å²) >= 11 is 0. The number of halogens is 2. The summed E-state index contributed by atoms with van der Waals surface area (Å²) in [7, 11) is 0. The van der Waals surface area contributed by atoms with Crippen molar-refractivity contribution in [3.05, 3.63) is 83.8 Å². The summed E-state index contributed by atoms with van der Waals surface area (Å²) in [5, 5.41) is 10.5. The summed E-state index contributed by atoms with van der Waals surface area (Å²) in [5.74, 6) is -0.329. The van der Waals surface area contributed by atoms with Crippen LogP contribution >= 0.6 is 0 Å². The van der Waals surface area contributed by atoms with Crippen LogP contribution in [-0.2, 0) is 13.0 Å². The molecule has 4 aromatic rings. The average molecular weight is 493 g/mol. The van der Waals surface area contributed by atoms with E-state index >= 15 is 0 Å². The topological polar surface area (TPSA) is 104 Å². The first-order valence-electron chi connectivity index (χ1n) is 11.2. The molecule has 184 valence electrons. The van der Waals surface area contributed by atoms with E-state index in [9.17, 15) is 13.6 Å². The Bertz CT molecular complexity index is 1370. The second-order valence-corrected chi connectivity index (χ2v) is 8.05. The lowest BCUT2D eigenvalue weighted by Gasteiger charge is -2.05. The molecule has 2 aromatic carbocycles. The van der Waals surface area contributed by atoms with E-state index < -0.39 is 12.2 Å². The highest BCUT2D eigenvalue weighted by Crippen LogP contribution is 2.41. The van der Waals surface area contributed by atoms with Gasteiger partial charge < -0.3 is 19.2 Å². The van der Waals surface area contributed by atoms with E-state index in [2.05, 4.69) is 30.1 Å². The number of oxazole rings is 1. The number of benzene rings is 2. The summed E-state index contributed by atoms with van der Waals surface area (Å²) in [6.45, 7) is 0.832. The van der Waals surface area contributed by atoms with Gasteiger partial charge in [0.15, 0.2) is 17.2 Å². The monoisotopic (exact) mass is 493 g/mol. The lowest BCUT2D eigenvalue weighted by Crippen LogP contribution is -2.25. The van der Waals surface area contributed by atoms with Gasteiger partial charge in [-0.2, -0.15) is 0 Å². The summed E-state index contributed by atoms with van der Waals surface area (Å²) < 4.78 is 42.2. The molecule has 1 N–H and O–H groups in total. The number of hydrogen-bond acceptors (Lipinski definition) is 7. The van der Waals surface area contributed by atoms with Crippen molar-refractivity contribution in [1.82, 2.24) is 20.0 Å². The quantitative estimate of drug-likeness (QED) is 0.326. The number of rotatable bonds is 9. The molecule has 0 aliphatic carbocycles. The molecular weight excluding hydrogens is 472 g/mol. The molecule has 0 bridgehead atoms. The van der Waals surface area contributed by atoms with Crippen molar-refractivity contribution in [2.24, 2.45) is 0 Å². The van der Waals surface area contributed by atoms with Gasteiger partial charge >= 0.3 is 6.29 Å². The van der Waals surface area contributed by atoms with Crippen molar-refractivity contribution in [3.63, 3.8) is 0 Å². The number of nitrogens with one attached hydrogen (secondary N) is 1. The number of carbonyl (C=O) groups is 1. The molecule has 0 atom stereocenters. The van der Waals surface area contributed by atoms with Gasteiger partial charge in [-0.1, -0.05) is 23.4 Å². The van der Waals surface area contributed by atoms with Crippen LogP contribution in [0.15, 0.2) is 65.5 Å². The summed E-state index contributed by atoms with van der Waals surface area (Å²) in [6, 6.07) is 12.0. The zero-order valence-electron chi connectivity index (χ0n) is 18.9. The number of anilines is 1. The molecule has 1 aliphatic heterocycles. The van der Waals surface area contributed by atoms with Gasteiger partial charge in [-0.25, -0.2) is 4.98 Å². The maximum atomic E-state index is 13.2. The van der Waals surface area contributed by atoms with E-state index in [0.717, 1.165) is 25.8 Å². The number of aromatic nitrogens is 4. The van der Waals surface area contributed by atoms with Crippen molar-refractivity contribution < 1.29 is 27.5 Å². The Morgan fingerprint density at radius 1 is 1.06 bits per heavy atom. The van der Waals surface area contributed by atoms with E-state index in [4.69, 9.17) is 4.42 Å². The lowest BCUT2D eigenvalue weighted by molar-refractivity contribution is -0.286. The van der Waals surface area contributed by atoms with Crippen molar-refractivity contribution in [2.75, 3.05) is 5.32 Å². The average Bonchev–Trinajstić information content (AvgIpc) is 3.60. The maximum Gasteiger partial charge on any atom is 0.586 e. The van der Waals surface area contributed by atoms with Gasteiger partial charge in [0.25, 0.3) is 5.91 Å². The summed E-state index contributed by atoms with van der Waals surface area (Å²) in [6.07, 6.45) is 7.13. The minimum Gasteiger partial charge on any atom is -0.444 e. The van der Waals surface area contributed by atoms with Gasteiger partial charge in [-0.05, 0) is 60.7 Å². The van der Waals surface area contributed by atoms with Crippen molar-refractivity contribution in [2.45, 2.75) is 32.1 Å². The smallest absolute Gasteiger partial charge is 0.444 e. The molecule has 11 heteroatoms. The van der Waals surface area contributed by atoms with Crippen LogP contribution in [0.5, 0.6) is 11.5 Å². The van der Waals surface area contributed by atoms with Crippen LogP contribution in [0.2, 0.25) is 0 Å². The second-order valence-electron chi connectivity index (χ2n) is 8.05. The van der Waals surface area contributed by atoms with Gasteiger partial charge in [0.2, 0.25) is 5.89 Å². The zero-order valence-corrected chi connectivity index (χ0v) is 18.9. The Labute approximate surface area is 204 Å². The first-order valence-corrected chi connectivity index (χ1v) is 11.2. The highest BCUT2D eigenvalue weighted by atomic mass is 19.3. The molecule has 0 saturated heterocycles. The van der Waals surface area contributed by atoms with Crippen LogP contribution in [0, 0.1) is 0 Å². The number of hydrogen-bond donors (Lipinski definition) is 1. The van der Waals surface area contributed by atoms with Crippen molar-refractivity contribution in [3.8, 4) is 11.5 Å². The van der Waals surface area contributed by atoms with Gasteiger partial charge in [0, 0.05) is 24.5 Å². The molecular formula is C25H21F2N5O4. The molecule has 0 spiro atoms. The minimum atomic E-state index is -3.67. The van der Waals surface area contributed by atoms with Gasteiger partial charge in [-0.15, -0.1) is 13.9 Å². The van der Waals surface area contributed by atoms with Crippen LogP contribution < -0.4 is 14.8 Å². The molecule has 0 radical (unpaired) electrons. The number of amides is 1. The number of carbonyl (C=O) groups excluding carboxylic acids is 1. The van der Waals surface area contributed by atoms with Gasteiger partial charge in [0.1, 0.15) is 6.26 Å². The van der Waals surface area contributed by atoms with Gasteiger partial charge in [-0.3, -0.25) is 9.48 Å². The largest absolute Gasteiger partial charge is 0.586 e. The Hall–Kier alpha value is -4.54. The highest BCUT2D eigenvalue weighted by Gasteiger charge is 2.43. The van der Waals surface area contributed by atoms with Crippen molar-refractivity contribution >= 4 is 23.7 Å².